The lowest BCUT2D eigenvalue weighted by atomic mass is 9.53. The molecule has 2 N–H and O–H groups in total. The zero-order chi connectivity index (χ0) is 19.9. The van der Waals surface area contributed by atoms with Gasteiger partial charge >= 0.3 is 0 Å². The molecular formula is C22H27N3O3. The van der Waals surface area contributed by atoms with E-state index in [4.69, 9.17) is 0 Å². The van der Waals surface area contributed by atoms with Gasteiger partial charge in [-0.25, -0.2) is 0 Å². The van der Waals surface area contributed by atoms with Gasteiger partial charge in [-0.1, -0.05) is 37.3 Å². The molecule has 0 bridgehead atoms. The van der Waals surface area contributed by atoms with Crippen LogP contribution in [0.4, 0.5) is 0 Å². The molecule has 2 saturated carbocycles. The molecule has 1 aromatic carbocycles. The van der Waals surface area contributed by atoms with Crippen molar-refractivity contribution in [1.29, 1.82) is 0 Å². The molecule has 0 saturated heterocycles. The molecule has 0 radical (unpaired) electrons. The molecule has 2 aliphatic carbocycles. The predicted molar refractivity (Wildman–Crippen MR) is 105 cm³/mol. The second kappa shape index (κ2) is 7.17. The second-order valence-corrected chi connectivity index (χ2v) is 8.36. The molecule has 6 nitrogen and oxygen atoms in total. The van der Waals surface area contributed by atoms with E-state index in [0.29, 0.717) is 17.8 Å². The maximum atomic E-state index is 13.0. The molecule has 0 aliphatic heterocycles. The van der Waals surface area contributed by atoms with Crippen LogP contribution in [0.3, 0.4) is 0 Å². The molecule has 1 amide bonds. The van der Waals surface area contributed by atoms with E-state index in [9.17, 15) is 14.7 Å². The zero-order valence-corrected chi connectivity index (χ0v) is 16.4. The Labute approximate surface area is 164 Å². The summed E-state index contributed by atoms with van der Waals surface area (Å²) in [4.78, 5) is 25.2. The first-order valence-electron chi connectivity index (χ1n) is 10.1. The van der Waals surface area contributed by atoms with Crippen LogP contribution in [-0.2, 0) is 0 Å². The Bertz CT molecular complexity index is 876. The number of carbonyl (C=O) groups excluding carboxylic acids is 2. The lowest BCUT2D eigenvalue weighted by molar-refractivity contribution is -0.0950. The van der Waals surface area contributed by atoms with Crippen LogP contribution in [0.5, 0.6) is 0 Å². The third-order valence-electron chi connectivity index (χ3n) is 6.26. The zero-order valence-electron chi connectivity index (χ0n) is 16.4. The third kappa shape index (κ3) is 3.37. The summed E-state index contributed by atoms with van der Waals surface area (Å²) in [6, 6.07) is 11.4. The molecule has 2 fully saturated rings. The fourth-order valence-corrected chi connectivity index (χ4v) is 4.67. The molecule has 1 spiro atoms. The molecule has 2 aliphatic rings. The van der Waals surface area contributed by atoms with Crippen molar-refractivity contribution in [2.75, 3.05) is 0 Å². The SMILES string of the molecule is CCC(=O)c1cc(C(=O)NC2CC3(CC(O)C3)C2)n([C@@H](C)c2ccccc2)n1. The molecule has 0 unspecified atom stereocenters. The van der Waals surface area contributed by atoms with Gasteiger partial charge < -0.3 is 10.4 Å². The van der Waals surface area contributed by atoms with Gasteiger partial charge in [0.2, 0.25) is 0 Å². The summed E-state index contributed by atoms with van der Waals surface area (Å²) in [5.74, 6) is -0.260. The van der Waals surface area contributed by atoms with Crippen molar-refractivity contribution < 1.29 is 14.7 Å². The minimum absolute atomic E-state index is 0.0703. The Morgan fingerprint density at radius 1 is 1.25 bits per heavy atom. The molecule has 4 rings (SSSR count). The lowest BCUT2D eigenvalue weighted by Gasteiger charge is -2.56. The summed E-state index contributed by atoms with van der Waals surface area (Å²) in [6.45, 7) is 3.77. The second-order valence-electron chi connectivity index (χ2n) is 8.36. The number of amides is 1. The van der Waals surface area contributed by atoms with Crippen molar-refractivity contribution in [1.82, 2.24) is 15.1 Å². The van der Waals surface area contributed by atoms with Crippen LogP contribution in [0.2, 0.25) is 0 Å². The van der Waals surface area contributed by atoms with Gasteiger partial charge in [-0.3, -0.25) is 14.3 Å². The van der Waals surface area contributed by atoms with Crippen molar-refractivity contribution in [3.05, 3.63) is 53.3 Å². The average molecular weight is 381 g/mol. The molecule has 2 aromatic rings. The maximum Gasteiger partial charge on any atom is 0.269 e. The number of nitrogens with zero attached hydrogens (tertiary/aromatic N) is 2. The highest BCUT2D eigenvalue weighted by atomic mass is 16.3. The van der Waals surface area contributed by atoms with Crippen LogP contribution >= 0.6 is 0 Å². The number of hydrogen-bond acceptors (Lipinski definition) is 4. The van der Waals surface area contributed by atoms with Crippen LogP contribution in [0.25, 0.3) is 0 Å². The molecule has 1 heterocycles. The molecule has 1 aromatic heterocycles. The standard InChI is InChI=1S/C22H27N3O3/c1-3-20(27)18-9-19(25(24-18)14(2)15-7-5-4-6-8-15)21(28)23-16-10-22(11-16)12-17(26)13-22/h4-9,14,16-17,26H,3,10-13H2,1-2H3,(H,23,28)/t14-,16?,17?,22?/m0/s1. The quantitative estimate of drug-likeness (QED) is 0.753. The highest BCUT2D eigenvalue weighted by molar-refractivity contribution is 5.98. The van der Waals surface area contributed by atoms with Crippen LogP contribution in [0, 0.1) is 5.41 Å². The average Bonchev–Trinajstić information content (AvgIpc) is 3.10. The van der Waals surface area contributed by atoms with E-state index in [1.54, 1.807) is 17.7 Å². The Morgan fingerprint density at radius 2 is 1.93 bits per heavy atom. The van der Waals surface area contributed by atoms with Gasteiger partial charge in [-0.2, -0.15) is 5.10 Å². The van der Waals surface area contributed by atoms with E-state index in [1.807, 2.05) is 37.3 Å². The summed E-state index contributed by atoms with van der Waals surface area (Å²) in [5.41, 5.74) is 2.02. The topological polar surface area (TPSA) is 84.2 Å². The van der Waals surface area contributed by atoms with E-state index in [0.717, 1.165) is 31.2 Å². The highest BCUT2D eigenvalue weighted by Crippen LogP contribution is 2.55. The largest absolute Gasteiger partial charge is 0.393 e. The number of benzene rings is 1. The fraction of sp³-hybridized carbons (Fsp3) is 0.500. The smallest absolute Gasteiger partial charge is 0.269 e. The van der Waals surface area contributed by atoms with E-state index in [-0.39, 0.29) is 35.3 Å². The summed E-state index contributed by atoms with van der Waals surface area (Å²) in [7, 11) is 0. The van der Waals surface area contributed by atoms with Gasteiger partial charge in [-0.15, -0.1) is 0 Å². The predicted octanol–water partition coefficient (Wildman–Crippen LogP) is 3.12. The first-order chi connectivity index (χ1) is 13.4. The minimum Gasteiger partial charge on any atom is -0.393 e. The van der Waals surface area contributed by atoms with E-state index >= 15 is 0 Å². The number of rotatable bonds is 6. The minimum atomic E-state index is -0.190. The van der Waals surface area contributed by atoms with Crippen LogP contribution in [-0.4, -0.2) is 38.7 Å². The summed E-state index contributed by atoms with van der Waals surface area (Å²) >= 11 is 0. The fourth-order valence-electron chi connectivity index (χ4n) is 4.67. The first-order valence-corrected chi connectivity index (χ1v) is 10.1. The third-order valence-corrected chi connectivity index (χ3v) is 6.26. The summed E-state index contributed by atoms with van der Waals surface area (Å²) < 4.78 is 1.66. The highest BCUT2D eigenvalue weighted by Gasteiger charge is 2.52. The van der Waals surface area contributed by atoms with E-state index in [2.05, 4.69) is 10.4 Å². The molecule has 1 atom stereocenters. The number of Topliss-reactive ketones (excluding diaryl/α,β-unsaturated/α-hetero) is 1. The first kappa shape index (κ1) is 18.9. The van der Waals surface area contributed by atoms with Crippen LogP contribution in [0.1, 0.15) is 78.5 Å². The van der Waals surface area contributed by atoms with Crippen LogP contribution in [0.15, 0.2) is 36.4 Å². The van der Waals surface area contributed by atoms with Crippen LogP contribution < -0.4 is 5.32 Å². The molecule has 148 valence electrons. The Morgan fingerprint density at radius 3 is 2.54 bits per heavy atom. The van der Waals surface area contributed by atoms with Gasteiger partial charge in [0.05, 0.1) is 12.1 Å². The number of hydrogen-bond donors (Lipinski definition) is 2. The van der Waals surface area contributed by atoms with Crippen molar-refractivity contribution in [3.63, 3.8) is 0 Å². The molecule has 6 heteroatoms. The number of carbonyl (C=O) groups is 2. The van der Waals surface area contributed by atoms with Gasteiger partial charge in [-0.05, 0) is 43.6 Å². The summed E-state index contributed by atoms with van der Waals surface area (Å²) in [6.07, 6.45) is 3.70. The normalized spacial score (nSPS) is 27.0. The monoisotopic (exact) mass is 381 g/mol. The van der Waals surface area contributed by atoms with Gasteiger partial charge in [0.25, 0.3) is 5.91 Å². The molecule has 28 heavy (non-hydrogen) atoms. The van der Waals surface area contributed by atoms with Crippen molar-refractivity contribution in [2.45, 2.75) is 64.1 Å². The number of ketones is 1. The van der Waals surface area contributed by atoms with Crippen molar-refractivity contribution in [2.24, 2.45) is 5.41 Å². The molecular weight excluding hydrogens is 354 g/mol. The Balaban J connectivity index is 1.54. The number of nitrogens with one attached hydrogen (secondary N) is 1. The lowest BCUT2D eigenvalue weighted by Crippen LogP contribution is -2.57. The van der Waals surface area contributed by atoms with Gasteiger partial charge in [0, 0.05) is 18.5 Å². The van der Waals surface area contributed by atoms with Gasteiger partial charge in [0.1, 0.15) is 11.4 Å². The van der Waals surface area contributed by atoms with Crippen molar-refractivity contribution >= 4 is 11.7 Å². The van der Waals surface area contributed by atoms with E-state index < -0.39 is 0 Å². The number of aliphatic hydroxyl groups is 1. The van der Waals surface area contributed by atoms with E-state index in [1.165, 1.54) is 0 Å². The maximum absolute atomic E-state index is 13.0. The van der Waals surface area contributed by atoms with Gasteiger partial charge in [0.15, 0.2) is 5.78 Å². The Kier molecular flexibility index (Phi) is 4.83. The number of aliphatic hydroxyl groups excluding tert-OH is 1. The number of aromatic nitrogens is 2. The van der Waals surface area contributed by atoms with Crippen molar-refractivity contribution in [3.8, 4) is 0 Å². The Hall–Kier alpha value is -2.47. The summed E-state index contributed by atoms with van der Waals surface area (Å²) in [5, 5.41) is 17.1.